The summed E-state index contributed by atoms with van der Waals surface area (Å²) in [5.74, 6) is -1.56. The molecule has 0 amide bonds. The van der Waals surface area contributed by atoms with Crippen LogP contribution in [0.1, 0.15) is 10.6 Å². The predicted octanol–water partition coefficient (Wildman–Crippen LogP) is 1.62. The monoisotopic (exact) mass is 222 g/mol. The van der Waals surface area contributed by atoms with Crippen molar-refractivity contribution in [1.29, 1.82) is 0 Å². The Bertz CT molecular complexity index is 601. The van der Waals surface area contributed by atoms with Crippen molar-refractivity contribution in [3.63, 3.8) is 0 Å². The number of nitro groups is 1. The first-order valence-electron chi connectivity index (χ1n) is 4.20. The lowest BCUT2D eigenvalue weighted by atomic mass is 10.2. The summed E-state index contributed by atoms with van der Waals surface area (Å²) in [7, 11) is 0. The van der Waals surface area contributed by atoms with Crippen molar-refractivity contribution in [2.75, 3.05) is 5.73 Å². The predicted molar refractivity (Wildman–Crippen MR) is 54.2 cm³/mol. The highest BCUT2D eigenvalue weighted by Crippen LogP contribution is 2.29. The van der Waals surface area contributed by atoms with Crippen LogP contribution in [0, 0.1) is 10.1 Å². The second kappa shape index (κ2) is 3.23. The average Bonchev–Trinajstić information content (AvgIpc) is 2.61. The number of nitrogens with zero attached hydrogens (tertiary/aromatic N) is 1. The van der Waals surface area contributed by atoms with E-state index in [4.69, 9.17) is 15.3 Å². The van der Waals surface area contributed by atoms with Crippen LogP contribution in [0.3, 0.4) is 0 Å². The molecule has 7 nitrogen and oxygen atoms in total. The van der Waals surface area contributed by atoms with E-state index < -0.39 is 10.9 Å². The number of nitro benzene ring substituents is 1. The highest BCUT2D eigenvalue weighted by Gasteiger charge is 2.16. The van der Waals surface area contributed by atoms with Crippen molar-refractivity contribution < 1.29 is 19.2 Å². The number of furan rings is 1. The maximum atomic E-state index is 10.6. The third kappa shape index (κ3) is 1.44. The van der Waals surface area contributed by atoms with E-state index in [9.17, 15) is 14.9 Å². The molecule has 1 aromatic heterocycles. The van der Waals surface area contributed by atoms with Crippen molar-refractivity contribution in [2.24, 2.45) is 0 Å². The topological polar surface area (TPSA) is 120 Å². The Labute approximate surface area is 88.2 Å². The SMILES string of the molecule is Nc1cc([N+](=O)[O-])cc2oc(C(=O)O)cc12. The van der Waals surface area contributed by atoms with E-state index in [2.05, 4.69) is 0 Å². The van der Waals surface area contributed by atoms with Gasteiger partial charge in [0.1, 0.15) is 5.58 Å². The zero-order valence-electron chi connectivity index (χ0n) is 7.84. The summed E-state index contributed by atoms with van der Waals surface area (Å²) in [6, 6.07) is 3.53. The molecule has 0 aliphatic heterocycles. The number of anilines is 1. The fraction of sp³-hybridized carbons (Fsp3) is 0. The minimum absolute atomic E-state index is 0.0871. The second-order valence-corrected chi connectivity index (χ2v) is 3.12. The number of carbonyl (C=O) groups is 1. The molecule has 1 aromatic carbocycles. The Kier molecular flexibility index (Phi) is 2.01. The lowest BCUT2D eigenvalue weighted by Crippen LogP contribution is -1.91. The number of rotatable bonds is 2. The van der Waals surface area contributed by atoms with Gasteiger partial charge >= 0.3 is 5.97 Å². The van der Waals surface area contributed by atoms with E-state index in [1.807, 2.05) is 0 Å². The molecule has 0 bridgehead atoms. The maximum absolute atomic E-state index is 10.6. The van der Waals surface area contributed by atoms with Crippen LogP contribution in [-0.2, 0) is 0 Å². The van der Waals surface area contributed by atoms with Gasteiger partial charge in [0, 0.05) is 23.2 Å². The van der Waals surface area contributed by atoms with Gasteiger partial charge in [-0.3, -0.25) is 10.1 Å². The maximum Gasteiger partial charge on any atom is 0.371 e. The molecule has 2 aromatic rings. The number of carboxylic acids is 1. The van der Waals surface area contributed by atoms with Crippen molar-refractivity contribution >= 4 is 28.3 Å². The zero-order chi connectivity index (χ0) is 11.9. The highest BCUT2D eigenvalue weighted by molar-refractivity contribution is 5.97. The minimum Gasteiger partial charge on any atom is -0.475 e. The largest absolute Gasteiger partial charge is 0.475 e. The first-order chi connectivity index (χ1) is 7.49. The van der Waals surface area contributed by atoms with E-state index in [1.54, 1.807) is 0 Å². The van der Waals surface area contributed by atoms with Gasteiger partial charge in [-0.1, -0.05) is 0 Å². The Morgan fingerprint density at radius 2 is 2.12 bits per heavy atom. The Hall–Kier alpha value is -2.57. The molecule has 3 N–H and O–H groups in total. The molecule has 1 heterocycles. The molecule has 0 spiro atoms. The number of benzene rings is 1. The summed E-state index contributed by atoms with van der Waals surface area (Å²) in [5.41, 5.74) is 5.51. The summed E-state index contributed by atoms with van der Waals surface area (Å²) in [4.78, 5) is 20.5. The summed E-state index contributed by atoms with van der Waals surface area (Å²) >= 11 is 0. The fourth-order valence-corrected chi connectivity index (χ4v) is 1.36. The number of aromatic carboxylic acids is 1. The lowest BCUT2D eigenvalue weighted by Gasteiger charge is -1.95. The first-order valence-corrected chi connectivity index (χ1v) is 4.20. The van der Waals surface area contributed by atoms with Crippen LogP contribution in [0.2, 0.25) is 0 Å². The highest BCUT2D eigenvalue weighted by atomic mass is 16.6. The van der Waals surface area contributed by atoms with Crippen molar-refractivity contribution in [1.82, 2.24) is 0 Å². The van der Waals surface area contributed by atoms with Crippen LogP contribution in [0.15, 0.2) is 22.6 Å². The van der Waals surface area contributed by atoms with E-state index in [0.29, 0.717) is 5.39 Å². The van der Waals surface area contributed by atoms with Gasteiger partial charge in [-0.25, -0.2) is 4.79 Å². The number of fused-ring (bicyclic) bond motifs is 1. The summed E-state index contributed by atoms with van der Waals surface area (Å²) < 4.78 is 4.92. The summed E-state index contributed by atoms with van der Waals surface area (Å²) in [6.07, 6.45) is 0. The quantitative estimate of drug-likeness (QED) is 0.452. The average molecular weight is 222 g/mol. The van der Waals surface area contributed by atoms with E-state index in [-0.39, 0.29) is 22.7 Å². The van der Waals surface area contributed by atoms with Gasteiger partial charge < -0.3 is 15.3 Å². The first kappa shape index (κ1) is 9.97. The van der Waals surface area contributed by atoms with Crippen LogP contribution < -0.4 is 5.73 Å². The molecule has 0 aliphatic carbocycles. The van der Waals surface area contributed by atoms with Crippen LogP contribution in [0.5, 0.6) is 0 Å². The Morgan fingerprint density at radius 3 is 2.69 bits per heavy atom. The minimum atomic E-state index is -1.25. The number of non-ortho nitro benzene ring substituents is 1. The number of carboxylic acid groups (broad SMARTS) is 1. The van der Waals surface area contributed by atoms with Gasteiger partial charge in [0.05, 0.1) is 11.0 Å². The van der Waals surface area contributed by atoms with E-state index in [1.165, 1.54) is 6.07 Å². The van der Waals surface area contributed by atoms with Gasteiger partial charge in [0.15, 0.2) is 0 Å². The number of hydrogen-bond donors (Lipinski definition) is 2. The number of nitrogens with two attached hydrogens (primary N) is 1. The molecule has 0 unspecified atom stereocenters. The van der Waals surface area contributed by atoms with Crippen molar-refractivity contribution in [2.45, 2.75) is 0 Å². The molecule has 2 rings (SSSR count). The molecule has 7 heteroatoms. The molecule has 0 fully saturated rings. The number of hydrogen-bond acceptors (Lipinski definition) is 5. The van der Waals surface area contributed by atoms with E-state index in [0.717, 1.165) is 12.1 Å². The molecule has 0 radical (unpaired) electrons. The van der Waals surface area contributed by atoms with Gasteiger partial charge in [0.2, 0.25) is 5.76 Å². The van der Waals surface area contributed by atoms with Crippen LogP contribution in [0.4, 0.5) is 11.4 Å². The third-order valence-electron chi connectivity index (χ3n) is 2.08. The lowest BCUT2D eigenvalue weighted by molar-refractivity contribution is -0.384. The van der Waals surface area contributed by atoms with Crippen LogP contribution in [0.25, 0.3) is 11.0 Å². The van der Waals surface area contributed by atoms with Gasteiger partial charge in [-0.05, 0) is 0 Å². The second-order valence-electron chi connectivity index (χ2n) is 3.12. The summed E-state index contributed by atoms with van der Waals surface area (Å²) in [6.45, 7) is 0. The van der Waals surface area contributed by atoms with Crippen molar-refractivity contribution in [3.05, 3.63) is 34.1 Å². The van der Waals surface area contributed by atoms with Crippen LogP contribution in [-0.4, -0.2) is 16.0 Å². The number of nitrogen functional groups attached to an aromatic ring is 1. The van der Waals surface area contributed by atoms with Crippen molar-refractivity contribution in [3.8, 4) is 0 Å². The standard InChI is InChI=1S/C9H6N2O5/c10-6-1-4(11(14)15)2-7-5(6)3-8(16-7)9(12)13/h1-3H,10H2,(H,12,13). The smallest absolute Gasteiger partial charge is 0.371 e. The molecule has 0 aliphatic rings. The van der Waals surface area contributed by atoms with Crippen LogP contribution >= 0.6 is 0 Å². The van der Waals surface area contributed by atoms with Gasteiger partial charge in [-0.15, -0.1) is 0 Å². The third-order valence-corrected chi connectivity index (χ3v) is 2.08. The molecular weight excluding hydrogens is 216 g/mol. The normalized spacial score (nSPS) is 10.5. The molecule has 82 valence electrons. The molecule has 0 saturated carbocycles. The zero-order valence-corrected chi connectivity index (χ0v) is 7.84. The fourth-order valence-electron chi connectivity index (χ4n) is 1.36. The molecular formula is C9H6N2O5. The van der Waals surface area contributed by atoms with Gasteiger partial charge in [-0.2, -0.15) is 0 Å². The Morgan fingerprint density at radius 1 is 1.44 bits per heavy atom. The molecule has 16 heavy (non-hydrogen) atoms. The van der Waals surface area contributed by atoms with Gasteiger partial charge in [0.25, 0.3) is 5.69 Å². The molecule has 0 atom stereocenters. The summed E-state index contributed by atoms with van der Waals surface area (Å²) in [5, 5.41) is 19.6. The van der Waals surface area contributed by atoms with E-state index >= 15 is 0 Å². The Balaban J connectivity index is 2.72. The molecule has 0 saturated heterocycles.